The molecule has 1 unspecified atom stereocenters. The summed E-state index contributed by atoms with van der Waals surface area (Å²) >= 11 is 1.72. The number of thioether (sulfide) groups is 1. The second-order valence-corrected chi connectivity index (χ2v) is 5.23. The maximum absolute atomic E-state index is 11.9. The lowest BCUT2D eigenvalue weighted by Crippen LogP contribution is -2.44. The SMILES string of the molecule is CSCC[C@H](N)C(=O)N(C)CC1CCCO1. The summed E-state index contributed by atoms with van der Waals surface area (Å²) in [6.45, 7) is 1.50. The van der Waals surface area contributed by atoms with Crippen molar-refractivity contribution in [2.24, 2.45) is 5.73 Å². The molecule has 0 aliphatic carbocycles. The molecule has 1 heterocycles. The van der Waals surface area contributed by atoms with Gasteiger partial charge in [0.1, 0.15) is 0 Å². The average Bonchev–Trinajstić information content (AvgIpc) is 2.77. The summed E-state index contributed by atoms with van der Waals surface area (Å²) < 4.78 is 5.50. The molecule has 1 rings (SSSR count). The van der Waals surface area contributed by atoms with E-state index < -0.39 is 0 Å². The van der Waals surface area contributed by atoms with Gasteiger partial charge in [0.05, 0.1) is 12.1 Å². The highest BCUT2D eigenvalue weighted by atomic mass is 32.2. The van der Waals surface area contributed by atoms with Crippen LogP contribution in [0.15, 0.2) is 0 Å². The van der Waals surface area contributed by atoms with E-state index in [9.17, 15) is 4.79 Å². The van der Waals surface area contributed by atoms with Crippen molar-refractivity contribution in [3.05, 3.63) is 0 Å². The quantitative estimate of drug-likeness (QED) is 0.750. The number of rotatable bonds is 6. The van der Waals surface area contributed by atoms with Gasteiger partial charge in [-0.15, -0.1) is 0 Å². The molecule has 0 aromatic carbocycles. The lowest BCUT2D eigenvalue weighted by atomic mass is 10.2. The maximum Gasteiger partial charge on any atom is 0.239 e. The lowest BCUT2D eigenvalue weighted by molar-refractivity contribution is -0.132. The zero-order chi connectivity index (χ0) is 12.0. The predicted molar refractivity (Wildman–Crippen MR) is 67.6 cm³/mol. The van der Waals surface area contributed by atoms with Gasteiger partial charge < -0.3 is 15.4 Å². The Morgan fingerprint density at radius 3 is 3.00 bits per heavy atom. The van der Waals surface area contributed by atoms with Crippen molar-refractivity contribution in [1.29, 1.82) is 0 Å². The molecule has 4 nitrogen and oxygen atoms in total. The molecule has 1 aliphatic rings. The normalized spacial score (nSPS) is 22.1. The average molecular weight is 246 g/mol. The summed E-state index contributed by atoms with van der Waals surface area (Å²) in [6, 6.07) is -0.362. The zero-order valence-corrected chi connectivity index (χ0v) is 11.0. The molecule has 0 radical (unpaired) electrons. The van der Waals surface area contributed by atoms with Gasteiger partial charge in [0.15, 0.2) is 0 Å². The van der Waals surface area contributed by atoms with E-state index in [2.05, 4.69) is 0 Å². The molecule has 0 bridgehead atoms. The van der Waals surface area contributed by atoms with Gasteiger partial charge in [-0.3, -0.25) is 4.79 Å². The molecule has 16 heavy (non-hydrogen) atoms. The van der Waals surface area contributed by atoms with Gasteiger partial charge in [-0.2, -0.15) is 11.8 Å². The second kappa shape index (κ2) is 7.14. The van der Waals surface area contributed by atoms with Crippen LogP contribution in [0.5, 0.6) is 0 Å². The molecule has 2 atom stereocenters. The number of nitrogens with zero attached hydrogens (tertiary/aromatic N) is 1. The Morgan fingerprint density at radius 1 is 1.69 bits per heavy atom. The van der Waals surface area contributed by atoms with Crippen LogP contribution in [0.1, 0.15) is 19.3 Å². The van der Waals surface area contributed by atoms with Crippen molar-refractivity contribution in [2.75, 3.05) is 32.2 Å². The molecule has 1 saturated heterocycles. The predicted octanol–water partition coefficient (Wildman–Crippen LogP) is 0.704. The van der Waals surface area contributed by atoms with Crippen LogP contribution in [0, 0.1) is 0 Å². The van der Waals surface area contributed by atoms with Crippen LogP contribution in [0.4, 0.5) is 0 Å². The summed E-state index contributed by atoms with van der Waals surface area (Å²) in [5, 5.41) is 0. The summed E-state index contributed by atoms with van der Waals surface area (Å²) in [6.07, 6.45) is 5.13. The summed E-state index contributed by atoms with van der Waals surface area (Å²) in [5.74, 6) is 0.963. The maximum atomic E-state index is 11.9. The first-order valence-electron chi connectivity index (χ1n) is 5.76. The van der Waals surface area contributed by atoms with Gasteiger partial charge in [-0.1, -0.05) is 0 Å². The molecule has 94 valence electrons. The largest absolute Gasteiger partial charge is 0.376 e. The van der Waals surface area contributed by atoms with Crippen LogP contribution in [0.3, 0.4) is 0 Å². The Morgan fingerprint density at radius 2 is 2.44 bits per heavy atom. The molecular weight excluding hydrogens is 224 g/mol. The van der Waals surface area contributed by atoms with E-state index in [4.69, 9.17) is 10.5 Å². The van der Waals surface area contributed by atoms with Crippen LogP contribution < -0.4 is 5.73 Å². The first-order chi connectivity index (χ1) is 7.65. The minimum absolute atomic E-state index is 0.0320. The number of amides is 1. The summed E-state index contributed by atoms with van der Waals surface area (Å²) in [4.78, 5) is 13.6. The van der Waals surface area contributed by atoms with E-state index in [1.165, 1.54) is 0 Å². The Bertz CT molecular complexity index is 220. The number of ether oxygens (including phenoxy) is 1. The monoisotopic (exact) mass is 246 g/mol. The zero-order valence-electron chi connectivity index (χ0n) is 10.1. The number of carbonyl (C=O) groups excluding carboxylic acids is 1. The number of hydrogen-bond donors (Lipinski definition) is 1. The van der Waals surface area contributed by atoms with Gasteiger partial charge >= 0.3 is 0 Å². The smallest absolute Gasteiger partial charge is 0.239 e. The van der Waals surface area contributed by atoms with Crippen LogP contribution in [0.25, 0.3) is 0 Å². The van der Waals surface area contributed by atoms with Crippen LogP contribution >= 0.6 is 11.8 Å². The first-order valence-corrected chi connectivity index (χ1v) is 7.15. The first kappa shape index (κ1) is 13.8. The number of nitrogens with two attached hydrogens (primary N) is 1. The molecule has 0 aromatic rings. The van der Waals surface area contributed by atoms with Crippen molar-refractivity contribution < 1.29 is 9.53 Å². The standard InChI is InChI=1S/C11H22N2O2S/c1-13(8-9-4-3-6-15-9)11(14)10(12)5-7-16-2/h9-10H,3-8,12H2,1-2H3/t9?,10-/m0/s1. The van der Waals surface area contributed by atoms with Crippen molar-refractivity contribution in [3.63, 3.8) is 0 Å². The van der Waals surface area contributed by atoms with E-state index in [0.717, 1.165) is 31.6 Å². The van der Waals surface area contributed by atoms with Gasteiger partial charge in [0.2, 0.25) is 5.91 Å². The van der Waals surface area contributed by atoms with Gasteiger partial charge in [0.25, 0.3) is 0 Å². The third-order valence-corrected chi connectivity index (χ3v) is 3.47. The van der Waals surface area contributed by atoms with Crippen LogP contribution in [-0.4, -0.2) is 55.2 Å². The fourth-order valence-electron chi connectivity index (χ4n) is 1.84. The molecule has 5 heteroatoms. The van der Waals surface area contributed by atoms with E-state index in [1.54, 1.807) is 16.7 Å². The van der Waals surface area contributed by atoms with E-state index >= 15 is 0 Å². The molecule has 1 amide bonds. The Kier molecular flexibility index (Phi) is 6.16. The lowest BCUT2D eigenvalue weighted by Gasteiger charge is -2.23. The van der Waals surface area contributed by atoms with Crippen molar-refractivity contribution in [3.8, 4) is 0 Å². The minimum Gasteiger partial charge on any atom is -0.376 e. The fourth-order valence-corrected chi connectivity index (χ4v) is 2.32. The van der Waals surface area contributed by atoms with Crippen molar-refractivity contribution >= 4 is 17.7 Å². The highest BCUT2D eigenvalue weighted by Gasteiger charge is 2.23. The van der Waals surface area contributed by atoms with E-state index in [1.807, 2.05) is 13.3 Å². The highest BCUT2D eigenvalue weighted by molar-refractivity contribution is 7.98. The Balaban J connectivity index is 2.28. The van der Waals surface area contributed by atoms with E-state index in [0.29, 0.717) is 6.54 Å². The summed E-state index contributed by atoms with van der Waals surface area (Å²) in [5.41, 5.74) is 5.83. The third-order valence-electron chi connectivity index (χ3n) is 2.83. The van der Waals surface area contributed by atoms with Crippen LogP contribution in [-0.2, 0) is 9.53 Å². The molecule has 0 spiro atoms. The number of likely N-dealkylation sites (N-methyl/N-ethyl adjacent to an activating group) is 1. The molecule has 2 N–H and O–H groups in total. The molecular formula is C11H22N2O2S. The third kappa shape index (κ3) is 4.31. The van der Waals surface area contributed by atoms with Crippen molar-refractivity contribution in [1.82, 2.24) is 4.90 Å². The molecule has 0 saturated carbocycles. The van der Waals surface area contributed by atoms with E-state index in [-0.39, 0.29) is 18.1 Å². The number of hydrogen-bond acceptors (Lipinski definition) is 4. The fraction of sp³-hybridized carbons (Fsp3) is 0.909. The second-order valence-electron chi connectivity index (χ2n) is 4.24. The minimum atomic E-state index is -0.362. The molecule has 1 aliphatic heterocycles. The summed E-state index contributed by atoms with van der Waals surface area (Å²) in [7, 11) is 1.81. The van der Waals surface area contributed by atoms with Gasteiger partial charge in [0, 0.05) is 20.2 Å². The highest BCUT2D eigenvalue weighted by Crippen LogP contribution is 2.13. The van der Waals surface area contributed by atoms with Gasteiger partial charge in [-0.05, 0) is 31.3 Å². The van der Waals surface area contributed by atoms with Crippen LogP contribution in [0.2, 0.25) is 0 Å². The Hall–Kier alpha value is -0.260. The molecule has 0 aromatic heterocycles. The topological polar surface area (TPSA) is 55.6 Å². The number of carbonyl (C=O) groups is 1. The van der Waals surface area contributed by atoms with Gasteiger partial charge in [-0.25, -0.2) is 0 Å². The van der Waals surface area contributed by atoms with Crippen molar-refractivity contribution in [2.45, 2.75) is 31.4 Å². The Labute approximate surface area is 102 Å². The molecule has 1 fully saturated rings.